The van der Waals surface area contributed by atoms with Crippen molar-refractivity contribution in [3.63, 3.8) is 0 Å². The lowest BCUT2D eigenvalue weighted by Crippen LogP contribution is -2.20. The first-order valence-electron chi connectivity index (χ1n) is 4.06. The first-order valence-corrected chi connectivity index (χ1v) is 5.19. The zero-order chi connectivity index (χ0) is 12.4. The lowest BCUT2D eigenvalue weighted by Gasteiger charge is -2.17. The molecule has 0 heterocycles. The molecule has 0 saturated carbocycles. The molecule has 0 amide bonds. The van der Waals surface area contributed by atoms with Gasteiger partial charge in [-0.15, -0.1) is 0 Å². The monoisotopic (exact) mass is 292 g/mol. The van der Waals surface area contributed by atoms with Gasteiger partial charge in [0.25, 0.3) is 0 Å². The summed E-state index contributed by atoms with van der Waals surface area (Å²) >= 11 is 16.7. The van der Waals surface area contributed by atoms with E-state index in [0.717, 1.165) is 0 Å². The Hall–Kier alpha value is -0.320. The first kappa shape index (κ1) is 13.7. The zero-order valence-corrected chi connectivity index (χ0v) is 9.96. The maximum Gasteiger partial charge on any atom is 0.422 e. The van der Waals surface area contributed by atoms with Gasteiger partial charge in [0.05, 0.1) is 0 Å². The second-order valence-electron chi connectivity index (χ2n) is 2.90. The molecule has 1 nitrogen and oxygen atoms in total. The van der Waals surface area contributed by atoms with Gasteiger partial charge in [-0.2, -0.15) is 13.2 Å². The summed E-state index contributed by atoms with van der Waals surface area (Å²) in [5.74, 6) is -0.0974. The molecular weight excluding hydrogens is 287 g/mol. The van der Waals surface area contributed by atoms with Crippen LogP contribution in [0.3, 0.4) is 0 Å². The molecular formula is C9H6Cl3F3O. The van der Waals surface area contributed by atoms with Gasteiger partial charge in [-0.1, -0.05) is 53.0 Å². The van der Waals surface area contributed by atoms with Crippen LogP contribution >= 0.6 is 34.8 Å². The fourth-order valence-electron chi connectivity index (χ4n) is 0.986. The van der Waals surface area contributed by atoms with E-state index in [-0.39, 0.29) is 11.3 Å². The van der Waals surface area contributed by atoms with E-state index in [1.165, 1.54) is 24.3 Å². The van der Waals surface area contributed by atoms with Crippen LogP contribution in [0.5, 0.6) is 5.75 Å². The molecule has 0 N–H and O–H groups in total. The molecule has 7 heteroatoms. The Kier molecular flexibility index (Phi) is 4.21. The predicted molar refractivity (Wildman–Crippen MR) is 57.2 cm³/mol. The summed E-state index contributed by atoms with van der Waals surface area (Å²) in [5, 5.41) is 0. The van der Waals surface area contributed by atoms with Gasteiger partial charge in [0.2, 0.25) is 3.79 Å². The number of ether oxygens (including phenoxy) is 1. The van der Waals surface area contributed by atoms with Gasteiger partial charge in [-0.25, -0.2) is 0 Å². The van der Waals surface area contributed by atoms with Gasteiger partial charge >= 0.3 is 6.18 Å². The molecule has 1 aromatic carbocycles. The van der Waals surface area contributed by atoms with Crippen LogP contribution in [0.2, 0.25) is 0 Å². The van der Waals surface area contributed by atoms with E-state index >= 15 is 0 Å². The number of benzene rings is 1. The van der Waals surface area contributed by atoms with Crippen LogP contribution in [0.1, 0.15) is 5.56 Å². The Labute approximate surface area is 105 Å². The SMILES string of the molecule is FC(F)(F)COc1ccccc1C(Cl)(Cl)Cl. The number of para-hydroxylation sites is 1. The van der Waals surface area contributed by atoms with Crippen molar-refractivity contribution < 1.29 is 17.9 Å². The predicted octanol–water partition coefficient (Wildman–Crippen LogP) is 4.45. The van der Waals surface area contributed by atoms with Crippen molar-refractivity contribution in [2.75, 3.05) is 6.61 Å². The molecule has 0 spiro atoms. The largest absolute Gasteiger partial charge is 0.484 e. The normalized spacial score (nSPS) is 12.6. The lowest BCUT2D eigenvalue weighted by molar-refractivity contribution is -0.153. The van der Waals surface area contributed by atoms with Crippen molar-refractivity contribution >= 4 is 34.8 Å². The van der Waals surface area contributed by atoms with Crippen molar-refractivity contribution in [2.45, 2.75) is 9.97 Å². The standard InChI is InChI=1S/C9H6Cl3F3O/c10-9(11,12)6-3-1-2-4-7(6)16-5-8(13,14)15/h1-4H,5H2. The lowest BCUT2D eigenvalue weighted by atomic mass is 10.2. The molecule has 0 radical (unpaired) electrons. The first-order chi connectivity index (χ1) is 7.20. The summed E-state index contributed by atoms with van der Waals surface area (Å²) in [7, 11) is 0. The second kappa shape index (κ2) is 4.90. The van der Waals surface area contributed by atoms with Crippen LogP contribution in [0.15, 0.2) is 24.3 Å². The van der Waals surface area contributed by atoms with Crippen molar-refractivity contribution in [3.8, 4) is 5.75 Å². The summed E-state index contributed by atoms with van der Waals surface area (Å²) in [6, 6.07) is 5.73. The molecule has 0 saturated heterocycles. The minimum absolute atomic E-state index is 0.0734. The molecule has 0 bridgehead atoms. The summed E-state index contributed by atoms with van der Waals surface area (Å²) in [6.07, 6.45) is -4.43. The van der Waals surface area contributed by atoms with Crippen molar-refractivity contribution in [3.05, 3.63) is 29.8 Å². The number of rotatable bonds is 2. The fraction of sp³-hybridized carbons (Fsp3) is 0.333. The Balaban J connectivity index is 2.88. The zero-order valence-electron chi connectivity index (χ0n) is 7.69. The highest BCUT2D eigenvalue weighted by Gasteiger charge is 2.31. The third-order valence-electron chi connectivity index (χ3n) is 1.58. The average Bonchev–Trinajstić information content (AvgIpc) is 2.12. The van der Waals surface area contributed by atoms with Crippen LogP contribution in [0.4, 0.5) is 13.2 Å². The van der Waals surface area contributed by atoms with Gasteiger partial charge in [-0.3, -0.25) is 0 Å². The van der Waals surface area contributed by atoms with Crippen molar-refractivity contribution in [2.24, 2.45) is 0 Å². The van der Waals surface area contributed by atoms with Crippen LogP contribution in [-0.2, 0) is 3.79 Å². The Morgan fingerprint density at radius 3 is 2.12 bits per heavy atom. The quantitative estimate of drug-likeness (QED) is 0.732. The highest BCUT2D eigenvalue weighted by atomic mass is 35.6. The van der Waals surface area contributed by atoms with Crippen LogP contribution < -0.4 is 4.74 Å². The topological polar surface area (TPSA) is 9.23 Å². The van der Waals surface area contributed by atoms with Crippen LogP contribution in [0, 0.1) is 0 Å². The minimum atomic E-state index is -4.43. The van der Waals surface area contributed by atoms with Crippen molar-refractivity contribution in [1.82, 2.24) is 0 Å². The maximum absolute atomic E-state index is 11.9. The molecule has 0 unspecified atom stereocenters. The van der Waals surface area contributed by atoms with Crippen LogP contribution in [0.25, 0.3) is 0 Å². The highest BCUT2D eigenvalue weighted by Crippen LogP contribution is 2.43. The highest BCUT2D eigenvalue weighted by molar-refractivity contribution is 6.66. The molecule has 1 aromatic rings. The Bertz CT molecular complexity index is 360. The molecule has 0 aromatic heterocycles. The molecule has 0 aliphatic carbocycles. The van der Waals surface area contributed by atoms with E-state index < -0.39 is 16.6 Å². The molecule has 0 atom stereocenters. The smallest absolute Gasteiger partial charge is 0.422 e. The van der Waals surface area contributed by atoms with E-state index in [1.54, 1.807) is 0 Å². The van der Waals surface area contributed by atoms with Gasteiger partial charge in [0.15, 0.2) is 6.61 Å². The number of hydrogen-bond acceptors (Lipinski definition) is 1. The Morgan fingerprint density at radius 1 is 1.06 bits per heavy atom. The van der Waals surface area contributed by atoms with Gasteiger partial charge in [0, 0.05) is 5.56 Å². The van der Waals surface area contributed by atoms with E-state index in [4.69, 9.17) is 34.8 Å². The van der Waals surface area contributed by atoms with Gasteiger partial charge in [0.1, 0.15) is 5.75 Å². The maximum atomic E-state index is 11.9. The van der Waals surface area contributed by atoms with E-state index in [0.29, 0.717) is 0 Å². The molecule has 0 aliphatic rings. The molecule has 16 heavy (non-hydrogen) atoms. The molecule has 1 rings (SSSR count). The number of alkyl halides is 6. The summed E-state index contributed by atoms with van der Waals surface area (Å²) in [5.41, 5.74) is 0.0734. The minimum Gasteiger partial charge on any atom is -0.484 e. The van der Waals surface area contributed by atoms with Crippen molar-refractivity contribution in [1.29, 1.82) is 0 Å². The molecule has 0 fully saturated rings. The van der Waals surface area contributed by atoms with E-state index in [9.17, 15) is 13.2 Å². The van der Waals surface area contributed by atoms with E-state index in [2.05, 4.69) is 4.74 Å². The fourth-order valence-corrected chi connectivity index (χ4v) is 1.45. The average molecular weight is 293 g/mol. The Morgan fingerprint density at radius 2 is 1.62 bits per heavy atom. The van der Waals surface area contributed by atoms with Gasteiger partial charge in [-0.05, 0) is 6.07 Å². The van der Waals surface area contributed by atoms with Gasteiger partial charge < -0.3 is 4.74 Å². The summed E-state index contributed by atoms with van der Waals surface area (Å²) < 4.78 is 38.6. The second-order valence-corrected chi connectivity index (χ2v) is 5.18. The summed E-state index contributed by atoms with van der Waals surface area (Å²) in [6.45, 7) is -1.43. The molecule has 90 valence electrons. The molecule has 0 aliphatic heterocycles. The number of hydrogen-bond donors (Lipinski definition) is 0. The van der Waals surface area contributed by atoms with Crippen LogP contribution in [-0.4, -0.2) is 12.8 Å². The number of halogens is 6. The third-order valence-corrected chi connectivity index (χ3v) is 2.19. The third kappa shape index (κ3) is 4.28. The summed E-state index contributed by atoms with van der Waals surface area (Å²) in [4.78, 5) is 0. The van der Waals surface area contributed by atoms with E-state index in [1.807, 2.05) is 0 Å².